The van der Waals surface area contributed by atoms with Gasteiger partial charge in [0.2, 0.25) is 6.20 Å². The van der Waals surface area contributed by atoms with E-state index in [1.165, 1.54) is 6.08 Å². The molecule has 5 nitrogen and oxygen atoms in total. The number of aromatic amines is 1. The van der Waals surface area contributed by atoms with Crippen LogP contribution in [0.15, 0.2) is 30.5 Å². The molecule has 0 bridgehead atoms. The first-order valence-corrected chi connectivity index (χ1v) is 4.68. The second kappa shape index (κ2) is 4.06. The predicted molar refractivity (Wildman–Crippen MR) is 60.9 cm³/mol. The zero-order valence-electron chi connectivity index (χ0n) is 8.64. The Morgan fingerprint density at radius 2 is 2.31 bits per heavy atom. The van der Waals surface area contributed by atoms with Gasteiger partial charge in [-0.15, -0.1) is 0 Å². The lowest BCUT2D eigenvalue weighted by Gasteiger charge is -1.99. The van der Waals surface area contributed by atoms with Crippen molar-refractivity contribution >= 4 is 17.0 Å². The summed E-state index contributed by atoms with van der Waals surface area (Å²) >= 11 is 0. The Labute approximate surface area is 91.5 Å². The van der Waals surface area contributed by atoms with Crippen molar-refractivity contribution in [2.45, 2.75) is 0 Å². The molecule has 0 saturated heterocycles. The Morgan fingerprint density at radius 3 is 3.00 bits per heavy atom. The standard InChI is InChI=1S/C11H10N2O3/c1-16-11-4-2-3-10-9(11)7-8(12-10)5-6-13(14)15/h2-7,12H,1H3/b6-5+. The third kappa shape index (κ3) is 1.88. The summed E-state index contributed by atoms with van der Waals surface area (Å²) in [5.41, 5.74) is 1.57. The van der Waals surface area contributed by atoms with Crippen molar-refractivity contribution in [3.63, 3.8) is 0 Å². The first-order chi connectivity index (χ1) is 7.70. The summed E-state index contributed by atoms with van der Waals surface area (Å²) in [5, 5.41) is 11.1. The summed E-state index contributed by atoms with van der Waals surface area (Å²) in [6.45, 7) is 0. The normalized spacial score (nSPS) is 11.1. The van der Waals surface area contributed by atoms with Crippen molar-refractivity contribution in [3.8, 4) is 5.75 Å². The van der Waals surface area contributed by atoms with Gasteiger partial charge in [-0.1, -0.05) is 6.07 Å². The van der Waals surface area contributed by atoms with Gasteiger partial charge in [-0.25, -0.2) is 0 Å². The summed E-state index contributed by atoms with van der Waals surface area (Å²) in [4.78, 5) is 12.7. The Balaban J connectivity index is 2.47. The molecular formula is C11H10N2O3. The van der Waals surface area contributed by atoms with Crippen molar-refractivity contribution in [2.24, 2.45) is 0 Å². The molecule has 5 heteroatoms. The molecule has 2 rings (SSSR count). The molecule has 1 heterocycles. The number of nitro groups is 1. The first kappa shape index (κ1) is 10.2. The second-order valence-corrected chi connectivity index (χ2v) is 3.25. The number of fused-ring (bicyclic) bond motifs is 1. The van der Waals surface area contributed by atoms with Gasteiger partial charge in [-0.2, -0.15) is 0 Å². The minimum absolute atomic E-state index is 0.497. The lowest BCUT2D eigenvalue weighted by molar-refractivity contribution is -0.400. The Hall–Kier alpha value is -2.30. The molecule has 1 aromatic carbocycles. The SMILES string of the molecule is COc1cccc2[nH]c(/C=C/[N+](=O)[O-])cc12. The Bertz CT molecular complexity index is 557. The van der Waals surface area contributed by atoms with Crippen LogP contribution in [-0.4, -0.2) is 17.0 Å². The summed E-state index contributed by atoms with van der Waals surface area (Å²) in [6.07, 6.45) is 2.32. The van der Waals surface area contributed by atoms with E-state index < -0.39 is 4.92 Å². The maximum atomic E-state index is 10.2. The van der Waals surface area contributed by atoms with Gasteiger partial charge >= 0.3 is 0 Å². The van der Waals surface area contributed by atoms with Gasteiger partial charge in [-0.3, -0.25) is 10.1 Å². The average molecular weight is 218 g/mol. The minimum Gasteiger partial charge on any atom is -0.496 e. The summed E-state index contributed by atoms with van der Waals surface area (Å²) < 4.78 is 5.19. The fourth-order valence-electron chi connectivity index (χ4n) is 1.56. The smallest absolute Gasteiger partial charge is 0.236 e. The molecule has 0 aliphatic rings. The number of methoxy groups -OCH3 is 1. The molecule has 0 fully saturated rings. The van der Waals surface area contributed by atoms with Crippen LogP contribution in [0.1, 0.15) is 5.69 Å². The number of hydrogen-bond acceptors (Lipinski definition) is 3. The molecule has 82 valence electrons. The van der Waals surface area contributed by atoms with Crippen molar-refractivity contribution in [1.29, 1.82) is 0 Å². The van der Waals surface area contributed by atoms with E-state index in [0.717, 1.165) is 22.9 Å². The van der Waals surface area contributed by atoms with E-state index in [0.29, 0.717) is 5.69 Å². The maximum absolute atomic E-state index is 10.2. The molecule has 0 unspecified atom stereocenters. The van der Waals surface area contributed by atoms with Crippen molar-refractivity contribution < 1.29 is 9.66 Å². The first-order valence-electron chi connectivity index (χ1n) is 4.68. The van der Waals surface area contributed by atoms with Crippen LogP contribution >= 0.6 is 0 Å². The van der Waals surface area contributed by atoms with Crippen LogP contribution in [0.3, 0.4) is 0 Å². The van der Waals surface area contributed by atoms with Gasteiger partial charge in [0.25, 0.3) is 0 Å². The monoisotopic (exact) mass is 218 g/mol. The van der Waals surface area contributed by atoms with E-state index in [2.05, 4.69) is 4.98 Å². The van der Waals surface area contributed by atoms with Gasteiger partial charge in [0, 0.05) is 22.7 Å². The van der Waals surface area contributed by atoms with Crippen LogP contribution in [0, 0.1) is 10.1 Å². The minimum atomic E-state index is -0.497. The van der Waals surface area contributed by atoms with Crippen LogP contribution in [0.25, 0.3) is 17.0 Å². The number of benzene rings is 1. The summed E-state index contributed by atoms with van der Waals surface area (Å²) in [6, 6.07) is 7.41. The largest absolute Gasteiger partial charge is 0.496 e. The van der Waals surface area contributed by atoms with Crippen molar-refractivity contribution in [3.05, 3.63) is 46.3 Å². The second-order valence-electron chi connectivity index (χ2n) is 3.25. The molecule has 1 N–H and O–H groups in total. The van der Waals surface area contributed by atoms with Gasteiger partial charge in [0.05, 0.1) is 12.0 Å². The third-order valence-electron chi connectivity index (χ3n) is 2.24. The lowest BCUT2D eigenvalue weighted by atomic mass is 10.2. The highest BCUT2D eigenvalue weighted by Crippen LogP contribution is 2.26. The highest BCUT2D eigenvalue weighted by Gasteiger charge is 2.04. The van der Waals surface area contributed by atoms with Crippen LogP contribution in [0.5, 0.6) is 5.75 Å². The van der Waals surface area contributed by atoms with Crippen LogP contribution < -0.4 is 4.74 Å². The van der Waals surface area contributed by atoms with E-state index in [9.17, 15) is 10.1 Å². The van der Waals surface area contributed by atoms with Crippen molar-refractivity contribution in [2.75, 3.05) is 7.11 Å². The molecular weight excluding hydrogens is 208 g/mol. The van der Waals surface area contributed by atoms with E-state index in [1.807, 2.05) is 24.3 Å². The highest BCUT2D eigenvalue weighted by molar-refractivity contribution is 5.88. The molecule has 0 aliphatic heterocycles. The quantitative estimate of drug-likeness (QED) is 0.635. The zero-order valence-corrected chi connectivity index (χ0v) is 8.64. The van der Waals surface area contributed by atoms with Crippen molar-refractivity contribution in [1.82, 2.24) is 4.98 Å². The number of rotatable bonds is 3. The van der Waals surface area contributed by atoms with Gasteiger partial charge in [-0.05, 0) is 18.2 Å². The average Bonchev–Trinajstić information content (AvgIpc) is 2.68. The van der Waals surface area contributed by atoms with E-state index in [-0.39, 0.29) is 0 Å². The van der Waals surface area contributed by atoms with Crippen LogP contribution in [0.4, 0.5) is 0 Å². The Morgan fingerprint density at radius 1 is 1.50 bits per heavy atom. The summed E-state index contributed by atoms with van der Waals surface area (Å²) in [7, 11) is 1.59. The molecule has 0 aliphatic carbocycles. The van der Waals surface area contributed by atoms with E-state index in [4.69, 9.17) is 4.74 Å². The number of nitrogens with zero attached hydrogens (tertiary/aromatic N) is 1. The Kier molecular flexibility index (Phi) is 2.59. The fraction of sp³-hybridized carbons (Fsp3) is 0.0909. The molecule has 0 atom stereocenters. The number of hydrogen-bond donors (Lipinski definition) is 1. The van der Waals surface area contributed by atoms with Gasteiger partial charge in [0.15, 0.2) is 0 Å². The molecule has 2 aromatic rings. The highest BCUT2D eigenvalue weighted by atomic mass is 16.6. The lowest BCUT2D eigenvalue weighted by Crippen LogP contribution is -1.81. The molecule has 16 heavy (non-hydrogen) atoms. The predicted octanol–water partition coefficient (Wildman–Crippen LogP) is 2.42. The summed E-state index contributed by atoms with van der Waals surface area (Å²) in [5.74, 6) is 0.745. The number of aromatic nitrogens is 1. The maximum Gasteiger partial charge on any atom is 0.236 e. The van der Waals surface area contributed by atoms with E-state index >= 15 is 0 Å². The zero-order chi connectivity index (χ0) is 11.5. The van der Waals surface area contributed by atoms with Crippen LogP contribution in [-0.2, 0) is 0 Å². The molecule has 0 spiro atoms. The number of ether oxygens (including phenoxy) is 1. The van der Waals surface area contributed by atoms with Crippen LogP contribution in [0.2, 0.25) is 0 Å². The third-order valence-corrected chi connectivity index (χ3v) is 2.24. The number of nitrogens with one attached hydrogen (secondary N) is 1. The molecule has 0 radical (unpaired) electrons. The van der Waals surface area contributed by atoms with Gasteiger partial charge < -0.3 is 9.72 Å². The molecule has 0 saturated carbocycles. The molecule has 0 amide bonds. The van der Waals surface area contributed by atoms with Gasteiger partial charge in [0.1, 0.15) is 5.75 Å². The fourth-order valence-corrected chi connectivity index (χ4v) is 1.56. The van der Waals surface area contributed by atoms with E-state index in [1.54, 1.807) is 7.11 Å². The number of H-pyrrole nitrogens is 1. The molecule has 1 aromatic heterocycles. The topological polar surface area (TPSA) is 68.2 Å².